The predicted octanol–water partition coefficient (Wildman–Crippen LogP) is 2.16. The first kappa shape index (κ1) is 13.5. The van der Waals surface area contributed by atoms with Crippen LogP contribution in [0.1, 0.15) is 24.3 Å². The first-order chi connectivity index (χ1) is 9.32. The number of likely N-dealkylation sites (tertiary alicyclic amines) is 1. The molecule has 5 heteroatoms. The smallest absolute Gasteiger partial charge is 0.107 e. The maximum atomic E-state index is 6.00. The van der Waals surface area contributed by atoms with Crippen LogP contribution < -0.4 is 0 Å². The van der Waals surface area contributed by atoms with Gasteiger partial charge in [0.2, 0.25) is 0 Å². The summed E-state index contributed by atoms with van der Waals surface area (Å²) < 4.78 is 11.5. The lowest BCUT2D eigenvalue weighted by molar-refractivity contribution is -0.149. The molecule has 1 aromatic heterocycles. The summed E-state index contributed by atoms with van der Waals surface area (Å²) in [6.07, 6.45) is 5.77. The summed E-state index contributed by atoms with van der Waals surface area (Å²) in [5, 5.41) is 3.26. The first-order valence-electron chi connectivity index (χ1n) is 7.04. The fourth-order valence-electron chi connectivity index (χ4n) is 3.54. The van der Waals surface area contributed by atoms with Crippen LogP contribution in [0.4, 0.5) is 0 Å². The van der Waals surface area contributed by atoms with Gasteiger partial charge in [-0.1, -0.05) is 0 Å². The van der Waals surface area contributed by atoms with Gasteiger partial charge in [-0.05, 0) is 19.3 Å². The number of hydrogen-bond donors (Lipinski definition) is 0. The number of rotatable bonds is 4. The normalized spacial score (nSPS) is 32.2. The summed E-state index contributed by atoms with van der Waals surface area (Å²) in [5.74, 6) is 0. The van der Waals surface area contributed by atoms with Crippen LogP contribution in [0.5, 0.6) is 0 Å². The van der Waals surface area contributed by atoms with Gasteiger partial charge in [-0.25, -0.2) is 4.98 Å². The molecule has 3 heterocycles. The van der Waals surface area contributed by atoms with E-state index in [1.807, 2.05) is 6.20 Å². The molecule has 0 aromatic carbocycles. The molecule has 2 fully saturated rings. The third kappa shape index (κ3) is 2.84. The van der Waals surface area contributed by atoms with Crippen LogP contribution in [0.2, 0.25) is 0 Å². The van der Waals surface area contributed by atoms with Crippen molar-refractivity contribution in [2.75, 3.05) is 33.4 Å². The van der Waals surface area contributed by atoms with Gasteiger partial charge in [0, 0.05) is 43.8 Å². The zero-order chi connectivity index (χ0) is 13.1. The van der Waals surface area contributed by atoms with Crippen LogP contribution in [0, 0.1) is 5.41 Å². The van der Waals surface area contributed by atoms with Crippen LogP contribution in [0.15, 0.2) is 11.6 Å². The van der Waals surface area contributed by atoms with Gasteiger partial charge in [-0.3, -0.25) is 4.90 Å². The standard InChI is InChI=1S/C14H22N2O2S/c1-17-11-14-4-2-7-18-12(14)3-6-16(10-14)9-13-15-5-8-19-13/h5,8,12H,2-4,6-7,9-11H2,1H3/t12-,14-/m1/s1. The molecule has 106 valence electrons. The highest BCUT2D eigenvalue weighted by Gasteiger charge is 2.45. The van der Waals surface area contributed by atoms with Gasteiger partial charge in [-0.2, -0.15) is 0 Å². The minimum atomic E-state index is 0.197. The molecule has 0 bridgehead atoms. The molecular weight excluding hydrogens is 260 g/mol. The van der Waals surface area contributed by atoms with E-state index in [1.165, 1.54) is 11.4 Å². The zero-order valence-electron chi connectivity index (χ0n) is 11.5. The number of piperidine rings is 1. The Hall–Kier alpha value is -0.490. The van der Waals surface area contributed by atoms with Crippen molar-refractivity contribution in [1.29, 1.82) is 0 Å². The molecule has 0 unspecified atom stereocenters. The van der Waals surface area contributed by atoms with E-state index in [0.29, 0.717) is 6.10 Å². The summed E-state index contributed by atoms with van der Waals surface area (Å²) in [5.41, 5.74) is 0.197. The molecule has 0 radical (unpaired) electrons. The third-order valence-corrected chi connectivity index (χ3v) is 5.11. The molecule has 0 aliphatic carbocycles. The van der Waals surface area contributed by atoms with Crippen molar-refractivity contribution in [2.45, 2.75) is 31.9 Å². The van der Waals surface area contributed by atoms with Gasteiger partial charge in [0.05, 0.1) is 19.3 Å². The molecule has 2 aliphatic heterocycles. The van der Waals surface area contributed by atoms with Gasteiger partial charge in [0.25, 0.3) is 0 Å². The number of methoxy groups -OCH3 is 1. The summed E-state index contributed by atoms with van der Waals surface area (Å²) in [6, 6.07) is 0. The quantitative estimate of drug-likeness (QED) is 0.847. The molecule has 1 aromatic rings. The second-order valence-electron chi connectivity index (χ2n) is 5.68. The van der Waals surface area contributed by atoms with Crippen molar-refractivity contribution in [3.8, 4) is 0 Å². The predicted molar refractivity (Wildman–Crippen MR) is 75.3 cm³/mol. The van der Waals surface area contributed by atoms with Crippen molar-refractivity contribution in [1.82, 2.24) is 9.88 Å². The second kappa shape index (κ2) is 5.87. The summed E-state index contributed by atoms with van der Waals surface area (Å²) in [7, 11) is 1.81. The molecule has 0 N–H and O–H groups in total. The molecule has 3 rings (SSSR count). The highest BCUT2D eigenvalue weighted by atomic mass is 32.1. The van der Waals surface area contributed by atoms with Crippen molar-refractivity contribution < 1.29 is 9.47 Å². The van der Waals surface area contributed by atoms with E-state index >= 15 is 0 Å². The van der Waals surface area contributed by atoms with Gasteiger partial charge in [-0.15, -0.1) is 11.3 Å². The number of thiazole rings is 1. The summed E-state index contributed by atoms with van der Waals surface area (Å²) >= 11 is 1.74. The Labute approximate surface area is 118 Å². The van der Waals surface area contributed by atoms with Crippen LogP contribution in [-0.4, -0.2) is 49.4 Å². The highest BCUT2D eigenvalue weighted by Crippen LogP contribution is 2.40. The Bertz CT molecular complexity index is 394. The van der Waals surface area contributed by atoms with Gasteiger partial charge >= 0.3 is 0 Å². The summed E-state index contributed by atoms with van der Waals surface area (Å²) in [6.45, 7) is 4.88. The molecule has 2 atom stereocenters. The van der Waals surface area contributed by atoms with Crippen LogP contribution in [-0.2, 0) is 16.0 Å². The zero-order valence-corrected chi connectivity index (χ0v) is 12.3. The number of ether oxygens (including phenoxy) is 2. The number of aromatic nitrogens is 1. The van der Waals surface area contributed by atoms with E-state index in [4.69, 9.17) is 9.47 Å². The fraction of sp³-hybridized carbons (Fsp3) is 0.786. The number of hydrogen-bond acceptors (Lipinski definition) is 5. The topological polar surface area (TPSA) is 34.6 Å². The largest absolute Gasteiger partial charge is 0.384 e. The Balaban J connectivity index is 1.69. The minimum Gasteiger partial charge on any atom is -0.384 e. The second-order valence-corrected chi connectivity index (χ2v) is 6.66. The molecular formula is C14H22N2O2S. The minimum absolute atomic E-state index is 0.197. The van der Waals surface area contributed by atoms with E-state index in [1.54, 1.807) is 18.4 Å². The van der Waals surface area contributed by atoms with Crippen molar-refractivity contribution in [2.24, 2.45) is 5.41 Å². The van der Waals surface area contributed by atoms with Crippen molar-refractivity contribution in [3.05, 3.63) is 16.6 Å². The van der Waals surface area contributed by atoms with E-state index in [0.717, 1.165) is 45.7 Å². The molecule has 0 amide bonds. The van der Waals surface area contributed by atoms with E-state index < -0.39 is 0 Å². The molecule has 4 nitrogen and oxygen atoms in total. The van der Waals surface area contributed by atoms with Crippen LogP contribution in [0.3, 0.4) is 0 Å². The van der Waals surface area contributed by atoms with Crippen molar-refractivity contribution in [3.63, 3.8) is 0 Å². The lowest BCUT2D eigenvalue weighted by Gasteiger charge is -2.50. The molecule has 19 heavy (non-hydrogen) atoms. The van der Waals surface area contributed by atoms with Gasteiger partial charge in [0.15, 0.2) is 0 Å². The molecule has 0 spiro atoms. The first-order valence-corrected chi connectivity index (χ1v) is 7.92. The van der Waals surface area contributed by atoms with Gasteiger partial charge < -0.3 is 9.47 Å². The lowest BCUT2D eigenvalue weighted by Crippen LogP contribution is -2.56. The van der Waals surface area contributed by atoms with E-state index in [9.17, 15) is 0 Å². The van der Waals surface area contributed by atoms with Crippen LogP contribution in [0.25, 0.3) is 0 Å². The highest BCUT2D eigenvalue weighted by molar-refractivity contribution is 7.09. The average molecular weight is 282 g/mol. The van der Waals surface area contributed by atoms with Crippen LogP contribution >= 0.6 is 11.3 Å². The fourth-order valence-corrected chi connectivity index (χ4v) is 4.20. The summed E-state index contributed by atoms with van der Waals surface area (Å²) in [4.78, 5) is 6.91. The Morgan fingerprint density at radius 3 is 3.37 bits per heavy atom. The lowest BCUT2D eigenvalue weighted by atomic mass is 9.73. The monoisotopic (exact) mass is 282 g/mol. The number of nitrogens with zero attached hydrogens (tertiary/aromatic N) is 2. The van der Waals surface area contributed by atoms with Gasteiger partial charge in [0.1, 0.15) is 5.01 Å². The third-order valence-electron chi connectivity index (χ3n) is 4.34. The Morgan fingerprint density at radius 1 is 1.63 bits per heavy atom. The maximum Gasteiger partial charge on any atom is 0.107 e. The Kier molecular flexibility index (Phi) is 4.17. The number of fused-ring (bicyclic) bond motifs is 1. The average Bonchev–Trinajstić information content (AvgIpc) is 2.91. The molecule has 2 aliphatic rings. The maximum absolute atomic E-state index is 6.00. The molecule has 2 saturated heterocycles. The SMILES string of the molecule is COC[C@]12CCCO[C@@H]1CCN(Cc1nccs1)C2. The van der Waals surface area contributed by atoms with E-state index in [-0.39, 0.29) is 5.41 Å². The molecule has 0 saturated carbocycles. The van der Waals surface area contributed by atoms with E-state index in [2.05, 4.69) is 15.3 Å². The Morgan fingerprint density at radius 2 is 2.58 bits per heavy atom. The van der Waals surface area contributed by atoms with Crippen molar-refractivity contribution >= 4 is 11.3 Å².